The molecule has 5 nitrogen and oxygen atoms in total. The molecular formula is C31H34FN3O2. The van der Waals surface area contributed by atoms with Gasteiger partial charge in [0.1, 0.15) is 5.82 Å². The summed E-state index contributed by atoms with van der Waals surface area (Å²) in [4.78, 5) is 28.0. The second-order valence-corrected chi connectivity index (χ2v) is 10.5. The number of carbonyl (C=O) groups is 2. The average molecular weight is 500 g/mol. The van der Waals surface area contributed by atoms with Gasteiger partial charge in [-0.05, 0) is 92.6 Å². The molecule has 2 aliphatic rings. The summed E-state index contributed by atoms with van der Waals surface area (Å²) in [6.45, 7) is 1.86. The molecule has 1 atom stereocenters. The molecule has 0 radical (unpaired) electrons. The van der Waals surface area contributed by atoms with Gasteiger partial charge in [-0.3, -0.25) is 9.69 Å². The molecule has 192 valence electrons. The number of rotatable bonds is 9. The van der Waals surface area contributed by atoms with Crippen molar-refractivity contribution in [2.75, 3.05) is 18.4 Å². The predicted molar refractivity (Wildman–Crippen MR) is 144 cm³/mol. The molecule has 1 saturated carbocycles. The lowest BCUT2D eigenvalue weighted by Crippen LogP contribution is -2.61. The normalized spacial score (nSPS) is 18.7. The standard InChI is InChI=1S/C31H34FN3O2/c32-26-13-9-24(10-14-26)20-28-8-4-19-35(28)22-31(17-5-18-31)34-30(37)33-27-15-11-25(12-16-27)29(36)21-23-6-2-1-3-7-23/h1-3,6-7,9-16,28H,4-5,8,17-22H2,(H2,33,34,37). The van der Waals surface area contributed by atoms with Crippen LogP contribution in [-0.4, -0.2) is 41.4 Å². The Morgan fingerprint density at radius 2 is 1.62 bits per heavy atom. The first-order valence-corrected chi connectivity index (χ1v) is 13.2. The van der Waals surface area contributed by atoms with Crippen LogP contribution in [0.3, 0.4) is 0 Å². The maximum atomic E-state index is 13.3. The fourth-order valence-electron chi connectivity index (χ4n) is 5.57. The van der Waals surface area contributed by atoms with Crippen LogP contribution in [0.2, 0.25) is 0 Å². The van der Waals surface area contributed by atoms with Crippen LogP contribution >= 0.6 is 0 Å². The smallest absolute Gasteiger partial charge is 0.319 e. The van der Waals surface area contributed by atoms with Crippen LogP contribution in [0.15, 0.2) is 78.9 Å². The quantitative estimate of drug-likeness (QED) is 0.355. The number of nitrogens with one attached hydrogen (secondary N) is 2. The Labute approximate surface area is 218 Å². The van der Waals surface area contributed by atoms with E-state index in [1.165, 1.54) is 12.1 Å². The Morgan fingerprint density at radius 3 is 2.30 bits per heavy atom. The molecule has 2 fully saturated rings. The minimum absolute atomic E-state index is 0.0522. The molecule has 2 amide bonds. The molecule has 1 unspecified atom stereocenters. The highest BCUT2D eigenvalue weighted by Crippen LogP contribution is 2.35. The van der Waals surface area contributed by atoms with Crippen LogP contribution in [0.5, 0.6) is 0 Å². The zero-order valence-corrected chi connectivity index (χ0v) is 21.1. The van der Waals surface area contributed by atoms with E-state index in [1.807, 2.05) is 42.5 Å². The molecule has 0 bridgehead atoms. The van der Waals surface area contributed by atoms with Gasteiger partial charge in [-0.1, -0.05) is 42.5 Å². The maximum Gasteiger partial charge on any atom is 0.319 e. The molecule has 6 heteroatoms. The van der Waals surface area contributed by atoms with Crippen molar-refractivity contribution >= 4 is 17.5 Å². The van der Waals surface area contributed by atoms with Crippen molar-refractivity contribution in [2.24, 2.45) is 0 Å². The van der Waals surface area contributed by atoms with E-state index < -0.39 is 0 Å². The first-order valence-electron chi connectivity index (χ1n) is 13.2. The molecule has 1 saturated heterocycles. The fraction of sp³-hybridized carbons (Fsp3) is 0.355. The Bertz CT molecular complexity index is 1210. The number of halogens is 1. The van der Waals surface area contributed by atoms with Gasteiger partial charge in [0.15, 0.2) is 5.78 Å². The topological polar surface area (TPSA) is 61.4 Å². The van der Waals surface area contributed by atoms with E-state index in [0.717, 1.165) is 62.7 Å². The third-order valence-corrected chi connectivity index (χ3v) is 7.75. The van der Waals surface area contributed by atoms with Crippen molar-refractivity contribution in [3.63, 3.8) is 0 Å². The van der Waals surface area contributed by atoms with E-state index >= 15 is 0 Å². The summed E-state index contributed by atoms with van der Waals surface area (Å²) in [7, 11) is 0. The van der Waals surface area contributed by atoms with Crippen molar-refractivity contribution in [1.82, 2.24) is 10.2 Å². The van der Waals surface area contributed by atoms with Crippen LogP contribution in [0.4, 0.5) is 14.9 Å². The van der Waals surface area contributed by atoms with Gasteiger partial charge in [0.2, 0.25) is 0 Å². The highest BCUT2D eigenvalue weighted by atomic mass is 19.1. The minimum Gasteiger partial charge on any atom is -0.331 e. The number of likely N-dealkylation sites (tertiary alicyclic amines) is 1. The van der Waals surface area contributed by atoms with Gasteiger partial charge in [0.05, 0.1) is 5.54 Å². The number of ketones is 1. The van der Waals surface area contributed by atoms with Gasteiger partial charge < -0.3 is 10.6 Å². The maximum absolute atomic E-state index is 13.3. The molecule has 3 aromatic carbocycles. The lowest BCUT2D eigenvalue weighted by Gasteiger charge is -2.46. The summed E-state index contributed by atoms with van der Waals surface area (Å²) in [6.07, 6.45) is 6.56. The van der Waals surface area contributed by atoms with E-state index in [1.54, 1.807) is 24.3 Å². The monoisotopic (exact) mass is 499 g/mol. The zero-order chi connectivity index (χ0) is 25.7. The first kappa shape index (κ1) is 25.2. The Hall–Kier alpha value is -3.51. The van der Waals surface area contributed by atoms with Crippen LogP contribution in [-0.2, 0) is 12.8 Å². The average Bonchev–Trinajstić information content (AvgIpc) is 3.31. The van der Waals surface area contributed by atoms with Gasteiger partial charge in [0.25, 0.3) is 0 Å². The number of amides is 2. The van der Waals surface area contributed by atoms with Gasteiger partial charge >= 0.3 is 6.03 Å². The van der Waals surface area contributed by atoms with Crippen LogP contribution < -0.4 is 10.6 Å². The van der Waals surface area contributed by atoms with Gasteiger partial charge in [0, 0.05) is 30.3 Å². The number of nitrogens with zero attached hydrogens (tertiary/aromatic N) is 1. The highest BCUT2D eigenvalue weighted by molar-refractivity contribution is 5.98. The summed E-state index contributed by atoms with van der Waals surface area (Å²) >= 11 is 0. The van der Waals surface area contributed by atoms with Crippen LogP contribution in [0, 0.1) is 5.82 Å². The number of Topliss-reactive ketones (excluding diaryl/α,β-unsaturated/α-hetero) is 1. The molecule has 2 N–H and O–H groups in total. The van der Waals surface area contributed by atoms with Crippen LogP contribution in [0.25, 0.3) is 0 Å². The van der Waals surface area contributed by atoms with Crippen molar-refractivity contribution in [2.45, 2.75) is 56.5 Å². The zero-order valence-electron chi connectivity index (χ0n) is 21.1. The van der Waals surface area contributed by atoms with Gasteiger partial charge in [-0.2, -0.15) is 0 Å². The lowest BCUT2D eigenvalue weighted by molar-refractivity contribution is 0.0993. The number of hydrogen-bond acceptors (Lipinski definition) is 3. The lowest BCUT2D eigenvalue weighted by atomic mass is 9.76. The highest BCUT2D eigenvalue weighted by Gasteiger charge is 2.42. The third-order valence-electron chi connectivity index (χ3n) is 7.75. The van der Waals surface area contributed by atoms with Crippen LogP contribution in [0.1, 0.15) is 53.6 Å². The number of urea groups is 1. The Balaban J connectivity index is 1.15. The minimum atomic E-state index is -0.221. The van der Waals surface area contributed by atoms with E-state index in [9.17, 15) is 14.0 Å². The summed E-state index contributed by atoms with van der Waals surface area (Å²) in [5, 5.41) is 6.21. The van der Waals surface area contributed by atoms with Crippen molar-refractivity contribution < 1.29 is 14.0 Å². The first-order chi connectivity index (χ1) is 18.0. The second-order valence-electron chi connectivity index (χ2n) is 10.5. The predicted octanol–water partition coefficient (Wildman–Crippen LogP) is 6.00. The number of hydrogen-bond donors (Lipinski definition) is 2. The number of anilines is 1. The summed E-state index contributed by atoms with van der Waals surface area (Å²) in [6, 6.07) is 23.8. The molecule has 5 rings (SSSR count). The third kappa shape index (κ3) is 6.44. The van der Waals surface area contributed by atoms with E-state index in [0.29, 0.717) is 23.7 Å². The van der Waals surface area contributed by atoms with Crippen molar-refractivity contribution in [1.29, 1.82) is 0 Å². The molecule has 0 spiro atoms. The van der Waals surface area contributed by atoms with E-state index in [2.05, 4.69) is 15.5 Å². The van der Waals surface area contributed by atoms with Gasteiger partial charge in [-0.25, -0.2) is 9.18 Å². The second kappa shape index (κ2) is 11.3. The molecule has 1 aliphatic carbocycles. The van der Waals surface area contributed by atoms with E-state index in [4.69, 9.17) is 0 Å². The van der Waals surface area contributed by atoms with E-state index in [-0.39, 0.29) is 23.2 Å². The Morgan fingerprint density at radius 1 is 0.892 bits per heavy atom. The SMILES string of the molecule is O=C(Nc1ccc(C(=O)Cc2ccccc2)cc1)NC1(CN2CCCC2Cc2ccc(F)cc2)CCC1. The fourth-order valence-corrected chi connectivity index (χ4v) is 5.57. The molecular weight excluding hydrogens is 465 g/mol. The van der Waals surface area contributed by atoms with Gasteiger partial charge in [-0.15, -0.1) is 0 Å². The molecule has 1 aliphatic heterocycles. The summed E-state index contributed by atoms with van der Waals surface area (Å²) in [5.41, 5.74) is 3.21. The number of carbonyl (C=O) groups excluding carboxylic acids is 2. The molecule has 0 aromatic heterocycles. The summed E-state index contributed by atoms with van der Waals surface area (Å²) < 4.78 is 13.3. The molecule has 3 aromatic rings. The largest absolute Gasteiger partial charge is 0.331 e. The molecule has 37 heavy (non-hydrogen) atoms. The number of benzene rings is 3. The molecule has 1 heterocycles. The van der Waals surface area contributed by atoms with Crippen molar-refractivity contribution in [3.8, 4) is 0 Å². The summed E-state index contributed by atoms with van der Waals surface area (Å²) in [5.74, 6) is -0.152. The Kier molecular flexibility index (Phi) is 7.65. The van der Waals surface area contributed by atoms with Crippen molar-refractivity contribution in [3.05, 3.63) is 101 Å².